The Labute approximate surface area is 176 Å². The normalized spacial score (nSPS) is 14.8. The minimum Gasteiger partial charge on any atom is -0.300 e. The number of amides is 3. The topological polar surface area (TPSA) is 114 Å². The highest BCUT2D eigenvalue weighted by Crippen LogP contribution is 2.28. The quantitative estimate of drug-likeness (QED) is 0.585. The molecule has 0 bridgehead atoms. The lowest BCUT2D eigenvalue weighted by Crippen LogP contribution is -2.48. The molecule has 4 rings (SSSR count). The van der Waals surface area contributed by atoms with E-state index in [0.29, 0.717) is 10.6 Å². The molecular weight excluding hydrogens is 426 g/mol. The molecule has 0 spiro atoms. The van der Waals surface area contributed by atoms with Crippen LogP contribution in [0.5, 0.6) is 0 Å². The summed E-state index contributed by atoms with van der Waals surface area (Å²) >= 11 is 1.25. The molecule has 1 aliphatic heterocycles. The van der Waals surface area contributed by atoms with Gasteiger partial charge in [0.15, 0.2) is 5.13 Å². The molecular formula is C20H17N3O5S2. The van der Waals surface area contributed by atoms with Gasteiger partial charge in [0.05, 0.1) is 27.1 Å². The number of hydrogen-bond donors (Lipinski definition) is 1. The first-order valence-electron chi connectivity index (χ1n) is 9.06. The molecule has 0 radical (unpaired) electrons. The monoisotopic (exact) mass is 443 g/mol. The number of fused-ring (bicyclic) bond motifs is 2. The second-order valence-electron chi connectivity index (χ2n) is 6.94. The number of carbonyl (C=O) groups is 3. The summed E-state index contributed by atoms with van der Waals surface area (Å²) in [6.07, 6.45) is 0.832. The maximum Gasteiger partial charge on any atom is 0.262 e. The van der Waals surface area contributed by atoms with Gasteiger partial charge in [-0.25, -0.2) is 13.4 Å². The Morgan fingerprint density at radius 2 is 1.67 bits per heavy atom. The minimum absolute atomic E-state index is 0.194. The Bertz CT molecular complexity index is 1210. The van der Waals surface area contributed by atoms with Crippen LogP contribution in [0.1, 0.15) is 27.1 Å². The average Bonchev–Trinajstić information content (AvgIpc) is 3.21. The number of hydrogen-bond acceptors (Lipinski definition) is 7. The number of aromatic nitrogens is 1. The Hall–Kier alpha value is -3.11. The first-order chi connectivity index (χ1) is 14.2. The molecule has 30 heavy (non-hydrogen) atoms. The lowest BCUT2D eigenvalue weighted by Gasteiger charge is -2.24. The molecule has 10 heteroatoms. The number of rotatable bonds is 6. The molecule has 0 saturated heterocycles. The number of imide groups is 1. The summed E-state index contributed by atoms with van der Waals surface area (Å²) in [6.45, 7) is 0. The zero-order valence-electron chi connectivity index (χ0n) is 15.9. The summed E-state index contributed by atoms with van der Waals surface area (Å²) in [7, 11) is -3.42. The summed E-state index contributed by atoms with van der Waals surface area (Å²) in [5.74, 6) is -2.24. The van der Waals surface area contributed by atoms with Gasteiger partial charge in [-0.1, -0.05) is 35.6 Å². The van der Waals surface area contributed by atoms with Crippen molar-refractivity contribution in [1.29, 1.82) is 0 Å². The standard InChI is InChI=1S/C20H17N3O5S2/c1-30(27,28)11-10-15(23-18(25)12-6-2-3-7-13(12)19(23)26)17(24)22-20-21-14-8-4-5-9-16(14)29-20/h2-9,15H,10-11H2,1H3,(H,21,22,24). The lowest BCUT2D eigenvalue weighted by molar-refractivity contribution is -0.120. The average molecular weight is 444 g/mol. The number of benzene rings is 2. The summed E-state index contributed by atoms with van der Waals surface area (Å²) in [5.41, 5.74) is 1.09. The summed E-state index contributed by atoms with van der Waals surface area (Å²) in [4.78, 5) is 43.9. The van der Waals surface area contributed by atoms with E-state index in [9.17, 15) is 22.8 Å². The molecule has 0 aliphatic carbocycles. The highest BCUT2D eigenvalue weighted by atomic mass is 32.2. The lowest BCUT2D eigenvalue weighted by atomic mass is 10.1. The zero-order valence-corrected chi connectivity index (χ0v) is 17.5. The molecule has 1 atom stereocenters. The van der Waals surface area contributed by atoms with Gasteiger partial charge in [-0.15, -0.1) is 0 Å². The molecule has 1 aliphatic rings. The van der Waals surface area contributed by atoms with Crippen LogP contribution in [0, 0.1) is 0 Å². The molecule has 1 unspecified atom stereocenters. The second kappa shape index (κ2) is 7.62. The highest BCUT2D eigenvalue weighted by molar-refractivity contribution is 7.90. The number of nitrogens with zero attached hydrogens (tertiary/aromatic N) is 2. The Morgan fingerprint density at radius 3 is 2.27 bits per heavy atom. The smallest absolute Gasteiger partial charge is 0.262 e. The Morgan fingerprint density at radius 1 is 1.07 bits per heavy atom. The van der Waals surface area contributed by atoms with Crippen LogP contribution in [0.4, 0.5) is 5.13 Å². The Balaban J connectivity index is 1.65. The van der Waals surface area contributed by atoms with E-state index in [1.54, 1.807) is 18.2 Å². The van der Waals surface area contributed by atoms with Crippen molar-refractivity contribution in [2.24, 2.45) is 0 Å². The molecule has 1 N–H and O–H groups in total. The molecule has 0 fully saturated rings. The predicted molar refractivity (Wildman–Crippen MR) is 113 cm³/mol. The van der Waals surface area contributed by atoms with Crippen molar-refractivity contribution >= 4 is 54.2 Å². The third-order valence-corrected chi connectivity index (χ3v) is 6.66. The highest BCUT2D eigenvalue weighted by Gasteiger charge is 2.43. The number of para-hydroxylation sites is 1. The van der Waals surface area contributed by atoms with Crippen molar-refractivity contribution in [2.45, 2.75) is 12.5 Å². The molecule has 0 saturated carbocycles. The largest absolute Gasteiger partial charge is 0.300 e. The van der Waals surface area contributed by atoms with Crippen molar-refractivity contribution in [3.8, 4) is 0 Å². The van der Waals surface area contributed by atoms with Crippen molar-refractivity contribution in [3.63, 3.8) is 0 Å². The molecule has 1 aromatic heterocycles. The van der Waals surface area contributed by atoms with Gasteiger partial charge in [0.2, 0.25) is 5.91 Å². The summed E-state index contributed by atoms with van der Waals surface area (Å²) < 4.78 is 24.3. The first kappa shape index (κ1) is 20.2. The first-order valence-corrected chi connectivity index (χ1v) is 11.9. The van der Waals surface area contributed by atoms with Crippen LogP contribution >= 0.6 is 11.3 Å². The van der Waals surface area contributed by atoms with Gasteiger partial charge < -0.3 is 5.32 Å². The van der Waals surface area contributed by atoms with E-state index in [1.807, 2.05) is 18.2 Å². The fraction of sp³-hybridized carbons (Fsp3) is 0.200. The van der Waals surface area contributed by atoms with Crippen molar-refractivity contribution in [2.75, 3.05) is 17.3 Å². The number of thiazole rings is 1. The predicted octanol–water partition coefficient (Wildman–Crippen LogP) is 2.33. The van der Waals surface area contributed by atoms with Crippen LogP contribution in [-0.2, 0) is 14.6 Å². The molecule has 2 heterocycles. The van der Waals surface area contributed by atoms with Crippen molar-refractivity contribution in [3.05, 3.63) is 59.7 Å². The fourth-order valence-electron chi connectivity index (χ4n) is 3.31. The third-order valence-electron chi connectivity index (χ3n) is 4.73. The Kier molecular flexibility index (Phi) is 5.12. The molecule has 2 aromatic carbocycles. The minimum atomic E-state index is -3.42. The van der Waals surface area contributed by atoms with Gasteiger partial charge in [0.25, 0.3) is 11.8 Å². The number of carbonyl (C=O) groups excluding carboxylic acids is 3. The van der Waals surface area contributed by atoms with Crippen LogP contribution in [0.3, 0.4) is 0 Å². The van der Waals surface area contributed by atoms with E-state index < -0.39 is 33.6 Å². The van der Waals surface area contributed by atoms with E-state index in [1.165, 1.54) is 23.5 Å². The van der Waals surface area contributed by atoms with E-state index >= 15 is 0 Å². The van der Waals surface area contributed by atoms with Gasteiger partial charge in [-0.3, -0.25) is 19.3 Å². The van der Waals surface area contributed by atoms with Gasteiger partial charge in [0, 0.05) is 6.26 Å². The van der Waals surface area contributed by atoms with Gasteiger partial charge in [-0.05, 0) is 30.7 Å². The number of sulfone groups is 1. The van der Waals surface area contributed by atoms with Gasteiger partial charge >= 0.3 is 0 Å². The van der Waals surface area contributed by atoms with Gasteiger partial charge in [-0.2, -0.15) is 0 Å². The van der Waals surface area contributed by atoms with Crippen LogP contribution in [0.15, 0.2) is 48.5 Å². The maximum atomic E-state index is 13.1. The molecule has 3 amide bonds. The van der Waals surface area contributed by atoms with E-state index in [0.717, 1.165) is 15.9 Å². The van der Waals surface area contributed by atoms with E-state index in [4.69, 9.17) is 0 Å². The zero-order chi connectivity index (χ0) is 21.5. The van der Waals surface area contributed by atoms with E-state index in [-0.39, 0.29) is 23.3 Å². The summed E-state index contributed by atoms with van der Waals surface area (Å²) in [6, 6.07) is 12.3. The third kappa shape index (κ3) is 3.83. The van der Waals surface area contributed by atoms with E-state index in [2.05, 4.69) is 10.3 Å². The molecule has 3 aromatic rings. The van der Waals surface area contributed by atoms with Crippen LogP contribution < -0.4 is 5.32 Å². The molecule has 8 nitrogen and oxygen atoms in total. The van der Waals surface area contributed by atoms with Crippen LogP contribution in [-0.4, -0.2) is 54.1 Å². The maximum absolute atomic E-state index is 13.1. The van der Waals surface area contributed by atoms with Gasteiger partial charge in [0.1, 0.15) is 15.9 Å². The van der Waals surface area contributed by atoms with Crippen LogP contribution in [0.25, 0.3) is 10.2 Å². The second-order valence-corrected chi connectivity index (χ2v) is 10.2. The fourth-order valence-corrected chi connectivity index (χ4v) is 4.83. The SMILES string of the molecule is CS(=O)(=O)CCC(C(=O)Nc1nc2ccccc2s1)N1C(=O)c2ccccc2C1=O. The van der Waals surface area contributed by atoms with Crippen molar-refractivity contribution < 1.29 is 22.8 Å². The summed E-state index contributed by atoms with van der Waals surface area (Å²) in [5, 5.41) is 2.95. The molecule has 154 valence electrons. The van der Waals surface area contributed by atoms with Crippen molar-refractivity contribution in [1.82, 2.24) is 9.88 Å². The number of nitrogens with one attached hydrogen (secondary N) is 1. The number of anilines is 1. The van der Waals surface area contributed by atoms with Crippen LogP contribution in [0.2, 0.25) is 0 Å².